The lowest BCUT2D eigenvalue weighted by atomic mass is 10.2. The Labute approximate surface area is 85.3 Å². The Balaban J connectivity index is 0.000000791. The van der Waals surface area contributed by atoms with Crippen molar-refractivity contribution in [3.8, 4) is 0 Å². The van der Waals surface area contributed by atoms with Gasteiger partial charge in [0.25, 0.3) is 0 Å². The highest BCUT2D eigenvalue weighted by Gasteiger charge is 1.97. The second-order valence-corrected chi connectivity index (χ2v) is 2.19. The average Bonchev–Trinajstić information content (AvgIpc) is 2.73. The molecule has 14 heavy (non-hydrogen) atoms. The summed E-state index contributed by atoms with van der Waals surface area (Å²) in [5, 5.41) is 6.54. The fraction of sp³-hybridized carbons (Fsp3) is 0.273. The Hall–Kier alpha value is -1.64. The zero-order chi connectivity index (χ0) is 10.8. The number of hydrogen-bond acceptors (Lipinski definition) is 2. The largest absolute Gasteiger partial charge is 0.259 e. The number of aromatic nitrogens is 3. The number of aromatic amines is 1. The second-order valence-electron chi connectivity index (χ2n) is 2.19. The molecule has 1 heterocycles. The number of nitrogens with one attached hydrogen (secondary N) is 1. The van der Waals surface area contributed by atoms with E-state index in [0.717, 1.165) is 11.4 Å². The number of H-pyrrole nitrogens is 1. The van der Waals surface area contributed by atoms with E-state index in [-0.39, 0.29) is 0 Å². The number of nitrogens with zero attached hydrogens (tertiary/aromatic N) is 2. The van der Waals surface area contributed by atoms with Crippen LogP contribution in [0.5, 0.6) is 0 Å². The highest BCUT2D eigenvalue weighted by atomic mass is 15.2. The first-order valence-corrected chi connectivity index (χ1v) is 4.69. The molecule has 0 atom stereocenters. The highest BCUT2D eigenvalue weighted by Crippen LogP contribution is 2.09. The van der Waals surface area contributed by atoms with Crippen molar-refractivity contribution in [2.24, 2.45) is 0 Å². The van der Waals surface area contributed by atoms with Gasteiger partial charge in [-0.25, -0.2) is 4.98 Å². The summed E-state index contributed by atoms with van der Waals surface area (Å²) >= 11 is 0. The molecule has 1 aromatic rings. The number of rotatable bonds is 3. The van der Waals surface area contributed by atoms with Gasteiger partial charge in [-0.1, -0.05) is 44.7 Å². The smallest absolute Gasteiger partial charge is 0.155 e. The van der Waals surface area contributed by atoms with Crippen LogP contribution >= 0.6 is 0 Å². The Morgan fingerprint density at radius 3 is 2.64 bits per heavy atom. The van der Waals surface area contributed by atoms with Gasteiger partial charge in [0, 0.05) is 5.57 Å². The van der Waals surface area contributed by atoms with E-state index in [4.69, 9.17) is 0 Å². The van der Waals surface area contributed by atoms with E-state index in [1.807, 2.05) is 39.0 Å². The Morgan fingerprint density at radius 1 is 1.50 bits per heavy atom. The monoisotopic (exact) mass is 191 g/mol. The maximum Gasteiger partial charge on any atom is 0.155 e. The molecule has 0 saturated heterocycles. The molecule has 0 bridgehead atoms. The van der Waals surface area contributed by atoms with Crippen molar-refractivity contribution >= 4 is 5.57 Å². The minimum atomic E-state index is 0.757. The lowest BCUT2D eigenvalue weighted by Crippen LogP contribution is -1.83. The molecule has 1 rings (SSSR count). The summed E-state index contributed by atoms with van der Waals surface area (Å²) in [6.45, 7) is 9.57. The van der Waals surface area contributed by atoms with Crippen LogP contribution in [0.1, 0.15) is 26.6 Å². The van der Waals surface area contributed by atoms with E-state index in [9.17, 15) is 0 Å². The first-order chi connectivity index (χ1) is 6.88. The van der Waals surface area contributed by atoms with E-state index in [1.165, 1.54) is 6.33 Å². The quantitative estimate of drug-likeness (QED) is 0.746. The molecule has 0 radical (unpaired) electrons. The normalized spacial score (nSPS) is 10.9. The first-order valence-electron chi connectivity index (χ1n) is 4.69. The number of allylic oxidation sites excluding steroid dienone is 5. The molecule has 3 nitrogen and oxygen atoms in total. The molecule has 1 aromatic heterocycles. The molecule has 76 valence electrons. The Kier molecular flexibility index (Phi) is 7.05. The number of hydrogen-bond donors (Lipinski definition) is 1. The van der Waals surface area contributed by atoms with Gasteiger partial charge in [0.2, 0.25) is 0 Å². The fourth-order valence-corrected chi connectivity index (χ4v) is 0.865. The predicted octanol–water partition coefficient (Wildman–Crippen LogP) is 2.98. The van der Waals surface area contributed by atoms with Crippen molar-refractivity contribution in [3.05, 3.63) is 43.0 Å². The lowest BCUT2D eigenvalue weighted by Gasteiger charge is -1.92. The van der Waals surface area contributed by atoms with Crippen LogP contribution in [-0.4, -0.2) is 15.2 Å². The maximum atomic E-state index is 4.02. The van der Waals surface area contributed by atoms with E-state index in [0.29, 0.717) is 0 Å². The zero-order valence-electron chi connectivity index (χ0n) is 8.99. The minimum absolute atomic E-state index is 0.757. The molecule has 0 spiro atoms. The molecular weight excluding hydrogens is 174 g/mol. The summed E-state index contributed by atoms with van der Waals surface area (Å²) in [5.74, 6) is 0.757. The SMILES string of the molecule is C=C/C=C(\C=C/C)c1ncn[nH]1.CC. The van der Waals surface area contributed by atoms with Crippen LogP contribution in [0.15, 0.2) is 37.2 Å². The Morgan fingerprint density at radius 2 is 2.21 bits per heavy atom. The molecule has 0 fully saturated rings. The van der Waals surface area contributed by atoms with Crippen molar-refractivity contribution in [3.63, 3.8) is 0 Å². The summed E-state index contributed by atoms with van der Waals surface area (Å²) in [5.41, 5.74) is 0.977. The van der Waals surface area contributed by atoms with Crippen LogP contribution in [-0.2, 0) is 0 Å². The van der Waals surface area contributed by atoms with Gasteiger partial charge in [-0.2, -0.15) is 5.10 Å². The molecule has 0 saturated carbocycles. The third kappa shape index (κ3) is 3.85. The molecule has 3 heteroatoms. The minimum Gasteiger partial charge on any atom is -0.259 e. The van der Waals surface area contributed by atoms with Crippen LogP contribution in [0.2, 0.25) is 0 Å². The van der Waals surface area contributed by atoms with Crippen LogP contribution in [0.25, 0.3) is 5.57 Å². The van der Waals surface area contributed by atoms with Gasteiger partial charge in [0.05, 0.1) is 0 Å². The van der Waals surface area contributed by atoms with Gasteiger partial charge in [-0.15, -0.1) is 0 Å². The molecular formula is C11H17N3. The first kappa shape index (κ1) is 12.4. The summed E-state index contributed by atoms with van der Waals surface area (Å²) in [7, 11) is 0. The van der Waals surface area contributed by atoms with Gasteiger partial charge < -0.3 is 0 Å². The molecule has 0 aliphatic rings. The van der Waals surface area contributed by atoms with E-state index in [2.05, 4.69) is 21.8 Å². The lowest BCUT2D eigenvalue weighted by molar-refractivity contribution is 1.07. The molecule has 0 aliphatic heterocycles. The topological polar surface area (TPSA) is 41.6 Å². The molecule has 1 N–H and O–H groups in total. The van der Waals surface area contributed by atoms with Crippen LogP contribution in [0.4, 0.5) is 0 Å². The fourth-order valence-electron chi connectivity index (χ4n) is 0.865. The summed E-state index contributed by atoms with van der Waals surface area (Å²) in [6, 6.07) is 0. The van der Waals surface area contributed by atoms with Crippen molar-refractivity contribution < 1.29 is 0 Å². The third-order valence-corrected chi connectivity index (χ3v) is 1.33. The molecule has 0 aliphatic carbocycles. The van der Waals surface area contributed by atoms with Gasteiger partial charge in [-0.05, 0) is 6.92 Å². The predicted molar refractivity (Wildman–Crippen MR) is 60.7 cm³/mol. The summed E-state index contributed by atoms with van der Waals surface area (Å²) < 4.78 is 0. The van der Waals surface area contributed by atoms with Crippen LogP contribution in [0.3, 0.4) is 0 Å². The molecule has 0 unspecified atom stereocenters. The highest BCUT2D eigenvalue weighted by molar-refractivity contribution is 5.70. The van der Waals surface area contributed by atoms with Crippen molar-refractivity contribution in [1.29, 1.82) is 0 Å². The zero-order valence-corrected chi connectivity index (χ0v) is 8.99. The van der Waals surface area contributed by atoms with E-state index in [1.54, 1.807) is 6.08 Å². The van der Waals surface area contributed by atoms with Gasteiger partial charge in [0.15, 0.2) is 5.82 Å². The third-order valence-electron chi connectivity index (χ3n) is 1.33. The maximum absolute atomic E-state index is 4.02. The van der Waals surface area contributed by atoms with Crippen molar-refractivity contribution in [2.75, 3.05) is 0 Å². The summed E-state index contributed by atoms with van der Waals surface area (Å²) in [4.78, 5) is 4.02. The average molecular weight is 191 g/mol. The standard InChI is InChI=1S/C9H11N3.C2H6/c1-3-5-8(6-4-2)9-10-7-11-12-9;1-2/h3-7H,1H2,2H3,(H,10,11,12);1-2H3/b6-4-,8-5+;. The molecule has 0 aromatic carbocycles. The van der Waals surface area contributed by atoms with Gasteiger partial charge in [-0.3, -0.25) is 5.10 Å². The van der Waals surface area contributed by atoms with Gasteiger partial charge >= 0.3 is 0 Å². The molecule has 0 amide bonds. The van der Waals surface area contributed by atoms with E-state index >= 15 is 0 Å². The van der Waals surface area contributed by atoms with Crippen LogP contribution in [0, 0.1) is 0 Å². The second kappa shape index (κ2) is 7.98. The summed E-state index contributed by atoms with van der Waals surface area (Å²) in [6.07, 6.45) is 8.97. The van der Waals surface area contributed by atoms with E-state index < -0.39 is 0 Å². The van der Waals surface area contributed by atoms with Crippen molar-refractivity contribution in [2.45, 2.75) is 20.8 Å². The van der Waals surface area contributed by atoms with Gasteiger partial charge in [0.1, 0.15) is 6.33 Å². The van der Waals surface area contributed by atoms with Crippen LogP contribution < -0.4 is 0 Å². The Bertz CT molecular complexity index is 294. The van der Waals surface area contributed by atoms with Crippen molar-refractivity contribution in [1.82, 2.24) is 15.2 Å².